The first kappa shape index (κ1) is 14.0. The Morgan fingerprint density at radius 2 is 2.05 bits per heavy atom. The van der Waals surface area contributed by atoms with Gasteiger partial charge in [0.2, 0.25) is 0 Å². The van der Waals surface area contributed by atoms with Crippen molar-refractivity contribution in [2.75, 3.05) is 0 Å². The van der Waals surface area contributed by atoms with Gasteiger partial charge in [0, 0.05) is 12.3 Å². The molecule has 4 nitrogen and oxygen atoms in total. The first-order valence-electron chi connectivity index (χ1n) is 6.86. The molecule has 0 amide bonds. The van der Waals surface area contributed by atoms with Crippen LogP contribution in [0.2, 0.25) is 0 Å². The summed E-state index contributed by atoms with van der Waals surface area (Å²) >= 11 is 0. The van der Waals surface area contributed by atoms with Gasteiger partial charge in [-0.15, -0.1) is 0 Å². The lowest BCUT2D eigenvalue weighted by molar-refractivity contribution is -0.148. The van der Waals surface area contributed by atoms with Crippen LogP contribution in [0.15, 0.2) is 11.1 Å². The molecule has 0 saturated heterocycles. The van der Waals surface area contributed by atoms with Crippen molar-refractivity contribution in [2.24, 2.45) is 17.3 Å². The normalized spacial score (nSPS) is 35.3. The molecule has 104 valence electrons. The number of carboxylic acids is 1. The molecule has 0 unspecified atom stereocenters. The van der Waals surface area contributed by atoms with Gasteiger partial charge in [0.05, 0.1) is 11.3 Å². The van der Waals surface area contributed by atoms with E-state index in [1.807, 2.05) is 6.92 Å². The van der Waals surface area contributed by atoms with Crippen LogP contribution in [-0.2, 0) is 14.4 Å². The zero-order valence-corrected chi connectivity index (χ0v) is 11.7. The Morgan fingerprint density at radius 1 is 1.42 bits per heavy atom. The molecule has 0 bridgehead atoms. The van der Waals surface area contributed by atoms with Crippen LogP contribution < -0.4 is 0 Å². The van der Waals surface area contributed by atoms with Gasteiger partial charge in [0.25, 0.3) is 0 Å². The highest BCUT2D eigenvalue weighted by Gasteiger charge is 2.58. The van der Waals surface area contributed by atoms with Gasteiger partial charge in [-0.2, -0.15) is 0 Å². The number of carboxylic acid groups (broad SMARTS) is 1. The van der Waals surface area contributed by atoms with Crippen molar-refractivity contribution in [1.29, 1.82) is 0 Å². The van der Waals surface area contributed by atoms with Crippen molar-refractivity contribution in [1.82, 2.24) is 0 Å². The van der Waals surface area contributed by atoms with E-state index in [0.717, 1.165) is 5.57 Å². The van der Waals surface area contributed by atoms with E-state index in [1.54, 1.807) is 13.8 Å². The fourth-order valence-corrected chi connectivity index (χ4v) is 4.04. The first-order chi connectivity index (χ1) is 8.86. The van der Waals surface area contributed by atoms with Crippen molar-refractivity contribution in [3.05, 3.63) is 11.1 Å². The Bertz CT molecular complexity index is 488. The van der Waals surface area contributed by atoms with Crippen LogP contribution in [0.25, 0.3) is 0 Å². The summed E-state index contributed by atoms with van der Waals surface area (Å²) in [5, 5.41) is 9.44. The molecule has 19 heavy (non-hydrogen) atoms. The highest BCUT2D eigenvalue weighted by molar-refractivity contribution is 6.04. The van der Waals surface area contributed by atoms with Crippen molar-refractivity contribution < 1.29 is 19.5 Å². The lowest BCUT2D eigenvalue weighted by Gasteiger charge is -2.41. The smallest absolute Gasteiger partial charge is 0.307 e. The van der Waals surface area contributed by atoms with Gasteiger partial charge in [-0.05, 0) is 37.3 Å². The third kappa shape index (κ3) is 1.77. The van der Waals surface area contributed by atoms with Gasteiger partial charge in [-0.25, -0.2) is 0 Å². The molecule has 1 fully saturated rings. The lowest BCUT2D eigenvalue weighted by atomic mass is 9.60. The molecule has 0 aliphatic heterocycles. The fourth-order valence-electron chi connectivity index (χ4n) is 4.04. The maximum atomic E-state index is 12.4. The SMILES string of the molecule is CCC1=C(C)C(=O)[C@H](C)C[C@@]12C(=O)CC[C@H]2C(=O)O. The number of carbonyl (C=O) groups excluding carboxylic acids is 2. The Morgan fingerprint density at radius 3 is 2.58 bits per heavy atom. The van der Waals surface area contributed by atoms with Crippen LogP contribution in [0.5, 0.6) is 0 Å². The van der Waals surface area contributed by atoms with Crippen molar-refractivity contribution >= 4 is 17.5 Å². The van der Waals surface area contributed by atoms with Gasteiger partial charge >= 0.3 is 5.97 Å². The first-order valence-corrected chi connectivity index (χ1v) is 6.86. The second kappa shape index (κ2) is 4.58. The van der Waals surface area contributed by atoms with E-state index in [4.69, 9.17) is 0 Å². The van der Waals surface area contributed by atoms with Crippen LogP contribution in [0.1, 0.15) is 46.5 Å². The summed E-state index contributed by atoms with van der Waals surface area (Å²) in [4.78, 5) is 36.0. The van der Waals surface area contributed by atoms with Gasteiger partial charge in [-0.1, -0.05) is 13.8 Å². The van der Waals surface area contributed by atoms with Crippen LogP contribution in [0.3, 0.4) is 0 Å². The van der Waals surface area contributed by atoms with Crippen LogP contribution in [-0.4, -0.2) is 22.6 Å². The summed E-state index contributed by atoms with van der Waals surface area (Å²) in [6.07, 6.45) is 1.64. The van der Waals surface area contributed by atoms with E-state index in [-0.39, 0.29) is 17.5 Å². The number of Topliss-reactive ketones (excluding diaryl/α,β-unsaturated/α-hetero) is 2. The van der Waals surface area contributed by atoms with Gasteiger partial charge in [0.15, 0.2) is 5.78 Å². The summed E-state index contributed by atoms with van der Waals surface area (Å²) in [7, 11) is 0. The molecule has 1 N–H and O–H groups in total. The summed E-state index contributed by atoms with van der Waals surface area (Å²) in [6.45, 7) is 5.43. The predicted octanol–water partition coefficient (Wildman–Crippen LogP) is 2.37. The summed E-state index contributed by atoms with van der Waals surface area (Å²) in [6, 6.07) is 0. The maximum absolute atomic E-state index is 12.4. The molecular weight excluding hydrogens is 244 g/mol. The zero-order valence-electron chi connectivity index (χ0n) is 11.7. The standard InChI is InChI=1S/C15H20O4/c1-4-10-9(3)13(17)8(2)7-15(10)11(14(18)19)5-6-12(15)16/h8,11H,4-7H2,1-3H3,(H,18,19)/t8-,11+,15-/m1/s1. The number of hydrogen-bond donors (Lipinski definition) is 1. The molecule has 2 aliphatic carbocycles. The molecule has 3 atom stereocenters. The minimum Gasteiger partial charge on any atom is -0.481 e. The highest BCUT2D eigenvalue weighted by atomic mass is 16.4. The second-order valence-corrected chi connectivity index (χ2v) is 5.75. The quantitative estimate of drug-likeness (QED) is 0.831. The number of ketones is 2. The minimum absolute atomic E-state index is 0.00968. The second-order valence-electron chi connectivity index (χ2n) is 5.75. The van der Waals surface area contributed by atoms with E-state index in [1.165, 1.54) is 0 Å². The van der Waals surface area contributed by atoms with Crippen molar-refractivity contribution in [2.45, 2.75) is 46.5 Å². The summed E-state index contributed by atoms with van der Waals surface area (Å²) in [5.41, 5.74) is 0.464. The molecule has 4 heteroatoms. The number of hydrogen-bond acceptors (Lipinski definition) is 3. The van der Waals surface area contributed by atoms with Crippen molar-refractivity contribution in [3.63, 3.8) is 0 Å². The molecule has 2 rings (SSSR count). The number of allylic oxidation sites excluding steroid dienone is 2. The summed E-state index contributed by atoms with van der Waals surface area (Å²) in [5.74, 6) is -1.77. The van der Waals surface area contributed by atoms with Crippen LogP contribution in [0.4, 0.5) is 0 Å². The lowest BCUT2D eigenvalue weighted by Crippen LogP contribution is -2.45. The zero-order chi connectivity index (χ0) is 14.4. The third-order valence-corrected chi connectivity index (χ3v) is 4.84. The van der Waals surface area contributed by atoms with E-state index in [2.05, 4.69) is 0 Å². The van der Waals surface area contributed by atoms with Gasteiger partial charge in [0.1, 0.15) is 5.78 Å². The van der Waals surface area contributed by atoms with Gasteiger partial charge < -0.3 is 5.11 Å². The number of aliphatic carboxylic acids is 1. The molecule has 0 aromatic carbocycles. The van der Waals surface area contributed by atoms with E-state index >= 15 is 0 Å². The molecule has 0 radical (unpaired) electrons. The van der Waals surface area contributed by atoms with Crippen LogP contribution >= 0.6 is 0 Å². The maximum Gasteiger partial charge on any atom is 0.307 e. The largest absolute Gasteiger partial charge is 0.481 e. The minimum atomic E-state index is -0.919. The topological polar surface area (TPSA) is 71.4 Å². The highest BCUT2D eigenvalue weighted by Crippen LogP contribution is 2.54. The summed E-state index contributed by atoms with van der Waals surface area (Å²) < 4.78 is 0. The van der Waals surface area contributed by atoms with E-state index < -0.39 is 17.3 Å². The van der Waals surface area contributed by atoms with Crippen molar-refractivity contribution in [3.8, 4) is 0 Å². The Labute approximate surface area is 112 Å². The third-order valence-electron chi connectivity index (χ3n) is 4.84. The Hall–Kier alpha value is -1.45. The fraction of sp³-hybridized carbons (Fsp3) is 0.667. The Kier molecular flexibility index (Phi) is 3.37. The van der Waals surface area contributed by atoms with Gasteiger partial charge in [-0.3, -0.25) is 14.4 Å². The average molecular weight is 264 g/mol. The molecule has 2 aliphatic rings. The molecule has 0 aromatic rings. The van der Waals surface area contributed by atoms with E-state index in [0.29, 0.717) is 31.3 Å². The molecule has 0 aromatic heterocycles. The monoisotopic (exact) mass is 264 g/mol. The molecule has 1 spiro atoms. The van der Waals surface area contributed by atoms with E-state index in [9.17, 15) is 19.5 Å². The average Bonchev–Trinajstić information content (AvgIpc) is 2.66. The Balaban J connectivity index is 2.65. The predicted molar refractivity (Wildman–Crippen MR) is 69.6 cm³/mol. The molecular formula is C15H20O4. The van der Waals surface area contributed by atoms with Crippen LogP contribution in [0, 0.1) is 17.3 Å². The molecule has 1 saturated carbocycles. The molecule has 0 heterocycles. The number of carbonyl (C=O) groups is 3. The number of rotatable bonds is 2.